The molecule has 1 aliphatic heterocycles. The van der Waals surface area contributed by atoms with Gasteiger partial charge in [0.05, 0.1) is 6.10 Å². The van der Waals surface area contributed by atoms with Gasteiger partial charge in [0, 0.05) is 0 Å². The van der Waals surface area contributed by atoms with E-state index in [9.17, 15) is 15.3 Å². The first-order chi connectivity index (χ1) is 5.04. The van der Waals surface area contributed by atoms with Gasteiger partial charge in [0.1, 0.15) is 22.4 Å². The molecule has 5 atom stereocenters. The third-order valence-electron chi connectivity index (χ3n) is 1.79. The van der Waals surface area contributed by atoms with Gasteiger partial charge < -0.3 is 20.1 Å². The van der Waals surface area contributed by atoms with Crippen LogP contribution in [0.2, 0.25) is 0 Å². The van der Waals surface area contributed by atoms with E-state index >= 15 is 0 Å². The molecule has 0 aromatic heterocycles. The fraction of sp³-hybridized carbons (Fsp3) is 1.00. The monoisotopic (exact) mass is 274 g/mol. The highest BCUT2D eigenvalue weighted by Gasteiger charge is 2.40. The highest BCUT2D eigenvalue weighted by molar-refractivity contribution is 14.1. The summed E-state index contributed by atoms with van der Waals surface area (Å²) in [6.07, 6.45) is -3.51. The molecule has 0 aromatic carbocycles. The molecular weight excluding hydrogens is 263 g/mol. The zero-order chi connectivity index (χ0) is 8.59. The first-order valence-electron chi connectivity index (χ1n) is 3.37. The number of hydrogen-bond donors (Lipinski definition) is 3. The predicted octanol–water partition coefficient (Wildman–Crippen LogP) is -0.751. The lowest BCUT2D eigenvalue weighted by atomic mass is 10.0. The van der Waals surface area contributed by atoms with E-state index in [1.807, 2.05) is 22.6 Å². The smallest absolute Gasteiger partial charge is 0.137 e. The third kappa shape index (κ3) is 1.83. The van der Waals surface area contributed by atoms with Gasteiger partial charge in [0.25, 0.3) is 0 Å². The maximum Gasteiger partial charge on any atom is 0.137 e. The summed E-state index contributed by atoms with van der Waals surface area (Å²) in [7, 11) is 0. The van der Waals surface area contributed by atoms with Crippen LogP contribution < -0.4 is 0 Å². The lowest BCUT2D eigenvalue weighted by Crippen LogP contribution is -2.54. The van der Waals surface area contributed by atoms with Gasteiger partial charge >= 0.3 is 0 Å². The minimum absolute atomic E-state index is 0.421. The molecule has 1 heterocycles. The zero-order valence-corrected chi connectivity index (χ0v) is 8.17. The van der Waals surface area contributed by atoms with E-state index < -0.39 is 28.5 Å². The fourth-order valence-electron chi connectivity index (χ4n) is 1.00. The van der Waals surface area contributed by atoms with Gasteiger partial charge in [-0.1, -0.05) is 0 Å². The van der Waals surface area contributed by atoms with Crippen molar-refractivity contribution in [3.8, 4) is 0 Å². The van der Waals surface area contributed by atoms with Gasteiger partial charge in [0.15, 0.2) is 0 Å². The first-order valence-corrected chi connectivity index (χ1v) is 4.62. The summed E-state index contributed by atoms with van der Waals surface area (Å²) in [6.45, 7) is 1.66. The van der Waals surface area contributed by atoms with Crippen LogP contribution in [0.1, 0.15) is 6.92 Å². The molecule has 1 saturated heterocycles. The van der Waals surface area contributed by atoms with E-state index in [1.165, 1.54) is 0 Å². The average Bonchev–Trinajstić information content (AvgIpc) is 1.97. The summed E-state index contributed by atoms with van der Waals surface area (Å²) in [5, 5.41) is 27.6. The largest absolute Gasteiger partial charge is 0.388 e. The Balaban J connectivity index is 2.63. The van der Waals surface area contributed by atoms with Crippen molar-refractivity contribution in [2.45, 2.75) is 35.5 Å². The lowest BCUT2D eigenvalue weighted by Gasteiger charge is -2.36. The highest BCUT2D eigenvalue weighted by atomic mass is 127. The minimum atomic E-state index is -1.10. The van der Waals surface area contributed by atoms with Crippen LogP contribution in [0, 0.1) is 0 Å². The number of aliphatic hydroxyl groups is 3. The third-order valence-corrected chi connectivity index (χ3v) is 2.82. The summed E-state index contributed by atoms with van der Waals surface area (Å²) >= 11 is 1.88. The Morgan fingerprint density at radius 1 is 1.09 bits per heavy atom. The highest BCUT2D eigenvalue weighted by Crippen LogP contribution is 2.24. The molecule has 0 radical (unpaired) electrons. The molecule has 0 aromatic rings. The lowest BCUT2D eigenvalue weighted by molar-refractivity contribution is -0.187. The van der Waals surface area contributed by atoms with E-state index in [-0.39, 0.29) is 0 Å². The summed E-state index contributed by atoms with van der Waals surface area (Å²) < 4.78 is 4.66. The van der Waals surface area contributed by atoms with Gasteiger partial charge in [-0.3, -0.25) is 0 Å². The summed E-state index contributed by atoms with van der Waals surface area (Å²) in [5.41, 5.74) is 0. The van der Waals surface area contributed by atoms with Crippen molar-refractivity contribution < 1.29 is 20.1 Å². The van der Waals surface area contributed by atoms with Crippen LogP contribution in [0.3, 0.4) is 0 Å². The molecule has 5 heteroatoms. The number of ether oxygens (including phenoxy) is 1. The van der Waals surface area contributed by atoms with Crippen molar-refractivity contribution in [2.75, 3.05) is 0 Å². The van der Waals surface area contributed by atoms with E-state index in [1.54, 1.807) is 6.92 Å². The molecule has 66 valence electrons. The van der Waals surface area contributed by atoms with Crippen LogP contribution in [-0.2, 0) is 4.74 Å². The Morgan fingerprint density at radius 3 is 2.18 bits per heavy atom. The molecular formula is C6H11IO4. The first kappa shape index (κ1) is 9.66. The van der Waals surface area contributed by atoms with Gasteiger partial charge in [-0.05, 0) is 29.5 Å². The molecule has 5 unspecified atom stereocenters. The van der Waals surface area contributed by atoms with Crippen LogP contribution in [-0.4, -0.2) is 43.8 Å². The van der Waals surface area contributed by atoms with Gasteiger partial charge in [-0.25, -0.2) is 0 Å². The Labute approximate surface area is 78.3 Å². The van der Waals surface area contributed by atoms with E-state index in [0.29, 0.717) is 0 Å². The van der Waals surface area contributed by atoms with Crippen molar-refractivity contribution >= 4 is 22.6 Å². The Hall–Kier alpha value is 0.570. The number of alkyl halides is 1. The molecule has 3 N–H and O–H groups in total. The van der Waals surface area contributed by atoms with Crippen LogP contribution in [0.4, 0.5) is 0 Å². The molecule has 1 aliphatic rings. The molecule has 11 heavy (non-hydrogen) atoms. The Bertz CT molecular complexity index is 129. The van der Waals surface area contributed by atoms with Crippen molar-refractivity contribution in [2.24, 2.45) is 0 Å². The van der Waals surface area contributed by atoms with Crippen molar-refractivity contribution in [3.05, 3.63) is 0 Å². The predicted molar refractivity (Wildman–Crippen MR) is 46.4 cm³/mol. The average molecular weight is 274 g/mol. The Kier molecular flexibility index (Phi) is 3.10. The van der Waals surface area contributed by atoms with Gasteiger partial charge in [-0.15, -0.1) is 0 Å². The van der Waals surface area contributed by atoms with Crippen LogP contribution in [0.25, 0.3) is 0 Å². The second kappa shape index (κ2) is 3.53. The quantitative estimate of drug-likeness (QED) is 0.401. The maximum atomic E-state index is 9.20. The molecule has 0 spiro atoms. The molecule has 0 aliphatic carbocycles. The fourth-order valence-corrected chi connectivity index (χ4v) is 1.89. The number of halogens is 1. The standard InChI is InChI=1S/C6H11IO4/c1-2-3(8)4(9)5(10)6(7)11-2/h2-6,8-10H,1H3. The normalized spacial score (nSPS) is 52.6. The second-order valence-corrected chi connectivity index (χ2v) is 3.89. The molecule has 0 amide bonds. The molecule has 0 bridgehead atoms. The molecule has 0 saturated carbocycles. The molecule has 1 rings (SSSR count). The van der Waals surface area contributed by atoms with Crippen molar-refractivity contribution in [1.82, 2.24) is 0 Å². The Morgan fingerprint density at radius 2 is 1.64 bits per heavy atom. The number of hydrogen-bond acceptors (Lipinski definition) is 4. The van der Waals surface area contributed by atoms with E-state index in [0.717, 1.165) is 0 Å². The molecule has 4 nitrogen and oxygen atoms in total. The number of aliphatic hydroxyl groups excluding tert-OH is 3. The van der Waals surface area contributed by atoms with Crippen molar-refractivity contribution in [1.29, 1.82) is 0 Å². The van der Waals surface area contributed by atoms with Crippen LogP contribution in [0.5, 0.6) is 0 Å². The van der Waals surface area contributed by atoms with Crippen LogP contribution in [0.15, 0.2) is 0 Å². The summed E-state index contributed by atoms with van der Waals surface area (Å²) in [5.74, 6) is 0. The van der Waals surface area contributed by atoms with Gasteiger partial charge in [0.2, 0.25) is 0 Å². The summed E-state index contributed by atoms with van der Waals surface area (Å²) in [6, 6.07) is 0. The second-order valence-electron chi connectivity index (χ2n) is 2.66. The van der Waals surface area contributed by atoms with E-state index in [2.05, 4.69) is 0 Å². The topological polar surface area (TPSA) is 69.9 Å². The van der Waals surface area contributed by atoms with Crippen molar-refractivity contribution in [3.63, 3.8) is 0 Å². The SMILES string of the molecule is CC1OC(I)C(O)C(O)C1O. The number of rotatable bonds is 0. The maximum absolute atomic E-state index is 9.20. The minimum Gasteiger partial charge on any atom is -0.388 e. The zero-order valence-electron chi connectivity index (χ0n) is 6.01. The van der Waals surface area contributed by atoms with Crippen LogP contribution >= 0.6 is 22.6 Å². The molecule has 1 fully saturated rings. The summed E-state index contributed by atoms with van der Waals surface area (Å²) in [4.78, 5) is 0. The van der Waals surface area contributed by atoms with Gasteiger partial charge in [-0.2, -0.15) is 0 Å². The van der Waals surface area contributed by atoms with E-state index in [4.69, 9.17) is 4.74 Å².